The van der Waals surface area contributed by atoms with Crippen molar-refractivity contribution in [2.75, 3.05) is 20.6 Å². The molecule has 1 atom stereocenters. The Balaban J connectivity index is 3.68. The van der Waals surface area contributed by atoms with E-state index in [0.29, 0.717) is 12.6 Å². The Kier molecular flexibility index (Phi) is 4.56. The molecule has 0 amide bonds. The number of hydrogen-bond acceptors (Lipinski definition) is 3. The molecule has 0 aliphatic rings. The molecule has 0 aliphatic heterocycles. The minimum absolute atomic E-state index is 0.0544. The molecular weight excluding hydrogens is 144 g/mol. The van der Waals surface area contributed by atoms with E-state index >= 15 is 0 Å². The van der Waals surface area contributed by atoms with Gasteiger partial charge in [-0.25, -0.2) is 5.48 Å². The fraction of sp³-hybridized carbons (Fsp3) is 0.833. The monoisotopic (exact) mass is 160 g/mol. The Morgan fingerprint density at radius 1 is 1.73 bits per heavy atom. The number of rotatable bonds is 3. The molecule has 0 fully saturated rings. The van der Waals surface area contributed by atoms with Crippen LogP contribution in [0.4, 0.5) is 0 Å². The summed E-state index contributed by atoms with van der Waals surface area (Å²) in [6.45, 7) is 2.60. The predicted octanol–water partition coefficient (Wildman–Crippen LogP) is -0.770. The van der Waals surface area contributed by atoms with Crippen LogP contribution in [0, 0.1) is 0 Å². The molecule has 66 valence electrons. The van der Waals surface area contributed by atoms with Gasteiger partial charge in [-0.05, 0) is 21.0 Å². The summed E-state index contributed by atoms with van der Waals surface area (Å²) in [5.41, 5.74) is 6.96. The van der Waals surface area contributed by atoms with E-state index < -0.39 is 0 Å². The highest BCUT2D eigenvalue weighted by Crippen LogP contribution is 1.90. The maximum atomic E-state index is 8.27. The van der Waals surface area contributed by atoms with Gasteiger partial charge in [-0.15, -0.1) is 0 Å². The van der Waals surface area contributed by atoms with E-state index in [4.69, 9.17) is 10.9 Å². The molecule has 5 heteroatoms. The van der Waals surface area contributed by atoms with Gasteiger partial charge in [0, 0.05) is 6.04 Å². The zero-order chi connectivity index (χ0) is 8.85. The van der Waals surface area contributed by atoms with E-state index in [1.807, 2.05) is 25.9 Å². The lowest BCUT2D eigenvalue weighted by atomic mass is 10.3. The molecular formula is C6H16N4O. The summed E-state index contributed by atoms with van der Waals surface area (Å²) in [5.74, 6) is 0.0544. The van der Waals surface area contributed by atoms with Crippen molar-refractivity contribution in [3.63, 3.8) is 0 Å². The lowest BCUT2D eigenvalue weighted by molar-refractivity contribution is 0.231. The topological polar surface area (TPSA) is 73.9 Å². The molecule has 0 bridgehead atoms. The number of nitrogens with one attached hydrogen (secondary N) is 1. The van der Waals surface area contributed by atoms with Gasteiger partial charge in [0.15, 0.2) is 0 Å². The van der Waals surface area contributed by atoms with E-state index in [1.165, 1.54) is 0 Å². The Morgan fingerprint density at radius 2 is 2.27 bits per heavy atom. The number of hydroxylamine groups is 1. The second kappa shape index (κ2) is 4.92. The highest BCUT2D eigenvalue weighted by molar-refractivity contribution is 5.76. The molecule has 0 aliphatic carbocycles. The number of nitrogens with zero attached hydrogens (tertiary/aromatic N) is 2. The molecule has 1 unspecified atom stereocenters. The number of likely N-dealkylation sites (N-methyl/N-ethyl adjacent to an activating group) is 1. The fourth-order valence-corrected chi connectivity index (χ4v) is 0.429. The second-order valence-corrected chi connectivity index (χ2v) is 2.65. The van der Waals surface area contributed by atoms with Crippen molar-refractivity contribution in [2.24, 2.45) is 10.7 Å². The predicted molar refractivity (Wildman–Crippen MR) is 44.6 cm³/mol. The van der Waals surface area contributed by atoms with E-state index in [9.17, 15) is 0 Å². The second-order valence-electron chi connectivity index (χ2n) is 2.65. The van der Waals surface area contributed by atoms with Crippen LogP contribution in [0.3, 0.4) is 0 Å². The Morgan fingerprint density at radius 3 is 2.64 bits per heavy atom. The molecule has 0 radical (unpaired) electrons. The normalized spacial score (nSPS) is 15.2. The highest BCUT2D eigenvalue weighted by atomic mass is 16.5. The van der Waals surface area contributed by atoms with E-state index in [1.54, 1.807) is 5.48 Å². The number of aliphatic imine (C=N–C) groups is 1. The van der Waals surface area contributed by atoms with Crippen molar-refractivity contribution in [2.45, 2.75) is 13.0 Å². The summed E-state index contributed by atoms with van der Waals surface area (Å²) in [6, 6.07) is 0.321. The van der Waals surface area contributed by atoms with Crippen LogP contribution in [-0.2, 0) is 0 Å². The Hall–Kier alpha value is -0.810. The van der Waals surface area contributed by atoms with Crippen molar-refractivity contribution < 1.29 is 5.21 Å². The quantitative estimate of drug-likeness (QED) is 0.288. The van der Waals surface area contributed by atoms with Gasteiger partial charge in [0.25, 0.3) is 0 Å². The molecule has 5 nitrogen and oxygen atoms in total. The van der Waals surface area contributed by atoms with Gasteiger partial charge in [-0.1, -0.05) is 0 Å². The van der Waals surface area contributed by atoms with E-state index in [2.05, 4.69) is 4.99 Å². The van der Waals surface area contributed by atoms with Crippen LogP contribution in [0.25, 0.3) is 0 Å². The standard InChI is InChI=1S/C6H16N4O/c1-5(10(2)3)4-8-6(7)9-11/h5,11H,4H2,1-3H3,(H3,7,8,9). The average molecular weight is 160 g/mol. The summed E-state index contributed by atoms with van der Waals surface area (Å²) in [5, 5.41) is 8.27. The molecule has 0 rings (SSSR count). The maximum Gasteiger partial charge on any atom is 0.212 e. The number of guanidine groups is 1. The van der Waals surface area contributed by atoms with Gasteiger partial charge in [-0.3, -0.25) is 10.2 Å². The van der Waals surface area contributed by atoms with Crippen molar-refractivity contribution in [3.05, 3.63) is 0 Å². The van der Waals surface area contributed by atoms with Gasteiger partial charge in [0.1, 0.15) is 0 Å². The zero-order valence-electron chi connectivity index (χ0n) is 7.20. The molecule has 0 heterocycles. The van der Waals surface area contributed by atoms with E-state index in [-0.39, 0.29) is 5.96 Å². The first kappa shape index (κ1) is 10.2. The summed E-state index contributed by atoms with van der Waals surface area (Å²) < 4.78 is 0. The van der Waals surface area contributed by atoms with Crippen LogP contribution in [0.15, 0.2) is 4.99 Å². The minimum atomic E-state index is 0.0544. The largest absolute Gasteiger partial charge is 0.368 e. The van der Waals surface area contributed by atoms with Crippen molar-refractivity contribution in [3.8, 4) is 0 Å². The Labute approximate surface area is 66.9 Å². The molecule has 0 spiro atoms. The lowest BCUT2D eigenvalue weighted by Gasteiger charge is -2.17. The van der Waals surface area contributed by atoms with Crippen LogP contribution in [0.1, 0.15) is 6.92 Å². The van der Waals surface area contributed by atoms with Crippen LogP contribution in [0.5, 0.6) is 0 Å². The molecule has 0 aromatic heterocycles. The van der Waals surface area contributed by atoms with E-state index in [0.717, 1.165) is 0 Å². The third kappa shape index (κ3) is 4.58. The molecule has 0 aromatic rings. The molecule has 0 saturated heterocycles. The first-order valence-electron chi connectivity index (χ1n) is 3.44. The summed E-state index contributed by atoms with van der Waals surface area (Å²) in [4.78, 5) is 5.88. The maximum absolute atomic E-state index is 8.27. The molecule has 11 heavy (non-hydrogen) atoms. The minimum Gasteiger partial charge on any atom is -0.368 e. The van der Waals surface area contributed by atoms with Gasteiger partial charge in [-0.2, -0.15) is 0 Å². The molecule has 4 N–H and O–H groups in total. The Bertz CT molecular complexity index is 135. The van der Waals surface area contributed by atoms with Gasteiger partial charge < -0.3 is 10.6 Å². The van der Waals surface area contributed by atoms with Crippen molar-refractivity contribution >= 4 is 5.96 Å². The van der Waals surface area contributed by atoms with Gasteiger partial charge >= 0.3 is 0 Å². The number of hydrogen-bond donors (Lipinski definition) is 3. The SMILES string of the molecule is CC(CN=C(N)NO)N(C)C. The van der Waals surface area contributed by atoms with Crippen molar-refractivity contribution in [1.29, 1.82) is 0 Å². The van der Waals surface area contributed by atoms with Crippen LogP contribution >= 0.6 is 0 Å². The zero-order valence-corrected chi connectivity index (χ0v) is 7.20. The molecule has 0 saturated carbocycles. The van der Waals surface area contributed by atoms with Crippen LogP contribution in [0.2, 0.25) is 0 Å². The third-order valence-electron chi connectivity index (χ3n) is 1.52. The average Bonchev–Trinajstić information content (AvgIpc) is 1.99. The fourth-order valence-electron chi connectivity index (χ4n) is 0.429. The van der Waals surface area contributed by atoms with Crippen LogP contribution in [-0.4, -0.2) is 42.7 Å². The van der Waals surface area contributed by atoms with Gasteiger partial charge in [0.05, 0.1) is 6.54 Å². The van der Waals surface area contributed by atoms with Crippen LogP contribution < -0.4 is 11.2 Å². The first-order valence-corrected chi connectivity index (χ1v) is 3.44. The summed E-state index contributed by atoms with van der Waals surface area (Å²) in [7, 11) is 3.92. The summed E-state index contributed by atoms with van der Waals surface area (Å²) in [6.07, 6.45) is 0. The third-order valence-corrected chi connectivity index (χ3v) is 1.52. The molecule has 0 aromatic carbocycles. The highest BCUT2D eigenvalue weighted by Gasteiger charge is 2.01. The van der Waals surface area contributed by atoms with Crippen molar-refractivity contribution in [1.82, 2.24) is 10.4 Å². The summed E-state index contributed by atoms with van der Waals surface area (Å²) >= 11 is 0. The number of nitrogens with two attached hydrogens (primary N) is 1. The van der Waals surface area contributed by atoms with Gasteiger partial charge in [0.2, 0.25) is 5.96 Å². The lowest BCUT2D eigenvalue weighted by Crippen LogP contribution is -2.32. The smallest absolute Gasteiger partial charge is 0.212 e. The first-order chi connectivity index (χ1) is 5.07.